The second kappa shape index (κ2) is 9.21. The summed E-state index contributed by atoms with van der Waals surface area (Å²) in [6, 6.07) is 16.4. The number of imidazole rings is 1. The Labute approximate surface area is 180 Å². The molecule has 0 aliphatic carbocycles. The van der Waals surface area contributed by atoms with Gasteiger partial charge in [-0.15, -0.1) is 0 Å². The molecule has 0 atom stereocenters. The highest BCUT2D eigenvalue weighted by atomic mass is 16.5. The molecule has 2 aromatic heterocycles. The van der Waals surface area contributed by atoms with E-state index in [9.17, 15) is 4.79 Å². The fourth-order valence-corrected chi connectivity index (χ4v) is 3.19. The van der Waals surface area contributed by atoms with Gasteiger partial charge >= 0.3 is 0 Å². The summed E-state index contributed by atoms with van der Waals surface area (Å²) < 4.78 is 18.7. The molecule has 2 aromatic carbocycles. The lowest BCUT2D eigenvalue weighted by Crippen LogP contribution is -2.12. The van der Waals surface area contributed by atoms with E-state index in [1.54, 1.807) is 31.8 Å². The number of amides is 1. The normalized spacial score (nSPS) is 10.6. The second-order valence-electron chi connectivity index (χ2n) is 6.96. The van der Waals surface area contributed by atoms with Crippen molar-refractivity contribution in [1.29, 1.82) is 0 Å². The molecule has 0 saturated heterocycles. The summed E-state index contributed by atoms with van der Waals surface area (Å²) in [5.41, 5.74) is 1.91. The smallest absolute Gasteiger partial charge is 0.259 e. The number of rotatable bonds is 8. The molecule has 0 fully saturated rings. The number of anilines is 1. The molecule has 1 amide bonds. The van der Waals surface area contributed by atoms with Crippen molar-refractivity contribution in [3.63, 3.8) is 0 Å². The number of aryl methyl sites for hydroxylation is 1. The van der Waals surface area contributed by atoms with Crippen molar-refractivity contribution < 1.29 is 18.7 Å². The average Bonchev–Trinajstić information content (AvgIpc) is 3.44. The molecule has 1 N–H and O–H groups in total. The molecular formula is C24H23N3O4. The van der Waals surface area contributed by atoms with Crippen LogP contribution in [0.4, 0.5) is 5.69 Å². The van der Waals surface area contributed by atoms with Gasteiger partial charge in [0, 0.05) is 29.7 Å². The predicted octanol–water partition coefficient (Wildman–Crippen LogP) is 4.79. The number of nitrogens with zero attached hydrogens (tertiary/aromatic N) is 2. The number of methoxy groups -OCH3 is 1. The van der Waals surface area contributed by atoms with E-state index in [0.717, 1.165) is 11.3 Å². The summed E-state index contributed by atoms with van der Waals surface area (Å²) >= 11 is 0. The van der Waals surface area contributed by atoms with Crippen molar-refractivity contribution in [2.45, 2.75) is 13.5 Å². The molecule has 4 rings (SSSR count). The van der Waals surface area contributed by atoms with Crippen molar-refractivity contribution in [1.82, 2.24) is 9.55 Å². The molecule has 158 valence electrons. The summed E-state index contributed by atoms with van der Waals surface area (Å²) in [5.74, 6) is 2.34. The minimum Gasteiger partial charge on any atom is -0.497 e. The van der Waals surface area contributed by atoms with Crippen LogP contribution in [-0.2, 0) is 6.54 Å². The number of nitrogens with one attached hydrogen (secondary N) is 1. The van der Waals surface area contributed by atoms with Gasteiger partial charge < -0.3 is 23.8 Å². The van der Waals surface area contributed by atoms with Gasteiger partial charge in [0.25, 0.3) is 5.91 Å². The lowest BCUT2D eigenvalue weighted by molar-refractivity contribution is 0.102. The first kappa shape index (κ1) is 20.3. The number of ether oxygens (including phenoxy) is 2. The Hall–Kier alpha value is -4.00. The van der Waals surface area contributed by atoms with Crippen molar-refractivity contribution in [3.05, 3.63) is 84.6 Å². The first-order valence-electron chi connectivity index (χ1n) is 9.87. The van der Waals surface area contributed by atoms with Crippen LogP contribution >= 0.6 is 0 Å². The first-order chi connectivity index (χ1) is 15.1. The largest absolute Gasteiger partial charge is 0.497 e. The molecule has 2 heterocycles. The molecule has 4 aromatic rings. The zero-order valence-corrected chi connectivity index (χ0v) is 17.4. The number of carbonyl (C=O) groups is 1. The van der Waals surface area contributed by atoms with E-state index in [-0.39, 0.29) is 5.91 Å². The number of benzene rings is 2. The van der Waals surface area contributed by atoms with Crippen LogP contribution in [-0.4, -0.2) is 29.2 Å². The van der Waals surface area contributed by atoms with Gasteiger partial charge in [-0.2, -0.15) is 0 Å². The molecular weight excluding hydrogens is 394 g/mol. The Morgan fingerprint density at radius 2 is 1.97 bits per heavy atom. The van der Waals surface area contributed by atoms with Crippen LogP contribution in [0.3, 0.4) is 0 Å². The summed E-state index contributed by atoms with van der Waals surface area (Å²) in [7, 11) is 1.61. The van der Waals surface area contributed by atoms with Gasteiger partial charge in [-0.1, -0.05) is 6.07 Å². The van der Waals surface area contributed by atoms with Crippen LogP contribution in [0.5, 0.6) is 11.5 Å². The van der Waals surface area contributed by atoms with Gasteiger partial charge in [0.2, 0.25) is 0 Å². The molecule has 0 spiro atoms. The number of aromatic nitrogens is 2. The molecule has 31 heavy (non-hydrogen) atoms. The zero-order valence-electron chi connectivity index (χ0n) is 17.4. The van der Waals surface area contributed by atoms with Crippen molar-refractivity contribution in [2.24, 2.45) is 0 Å². The number of furan rings is 1. The fourth-order valence-electron chi connectivity index (χ4n) is 3.19. The molecule has 0 saturated carbocycles. The SMILES string of the molecule is COc1ccc(-c2oc(C)cc2C(=O)Nc2cccc(OCCn3ccnc3)c2)cc1. The molecule has 0 aliphatic rings. The van der Waals surface area contributed by atoms with Crippen LogP contribution < -0.4 is 14.8 Å². The molecule has 0 radical (unpaired) electrons. The maximum atomic E-state index is 13.0. The third-order valence-corrected chi connectivity index (χ3v) is 4.72. The number of hydrogen-bond donors (Lipinski definition) is 1. The van der Waals surface area contributed by atoms with E-state index in [1.165, 1.54) is 0 Å². The molecule has 7 heteroatoms. The monoisotopic (exact) mass is 417 g/mol. The van der Waals surface area contributed by atoms with Crippen LogP contribution in [0.1, 0.15) is 16.1 Å². The van der Waals surface area contributed by atoms with E-state index in [1.807, 2.05) is 60.2 Å². The molecule has 0 bridgehead atoms. The van der Waals surface area contributed by atoms with Crippen molar-refractivity contribution in [2.75, 3.05) is 19.0 Å². The van der Waals surface area contributed by atoms with E-state index < -0.39 is 0 Å². The van der Waals surface area contributed by atoms with Gasteiger partial charge in [-0.05, 0) is 49.4 Å². The third kappa shape index (κ3) is 4.95. The molecule has 7 nitrogen and oxygen atoms in total. The van der Waals surface area contributed by atoms with Crippen LogP contribution in [0, 0.1) is 6.92 Å². The Bertz CT molecular complexity index is 1150. The molecule has 0 unspecified atom stereocenters. The Balaban J connectivity index is 1.46. The van der Waals surface area contributed by atoms with Crippen LogP contribution in [0.25, 0.3) is 11.3 Å². The summed E-state index contributed by atoms with van der Waals surface area (Å²) in [4.78, 5) is 17.0. The van der Waals surface area contributed by atoms with Crippen LogP contribution in [0.15, 0.2) is 77.7 Å². The first-order valence-corrected chi connectivity index (χ1v) is 9.87. The standard InChI is InChI=1S/C24H23N3O4/c1-17-14-22(23(31-17)18-6-8-20(29-2)9-7-18)24(28)26-19-4-3-5-21(15-19)30-13-12-27-11-10-25-16-27/h3-11,14-16H,12-13H2,1-2H3,(H,26,28). The minimum atomic E-state index is -0.252. The minimum absolute atomic E-state index is 0.252. The summed E-state index contributed by atoms with van der Waals surface area (Å²) in [5, 5.41) is 2.93. The van der Waals surface area contributed by atoms with Gasteiger partial charge in [-0.3, -0.25) is 4.79 Å². The molecule has 0 aliphatic heterocycles. The van der Waals surface area contributed by atoms with Crippen molar-refractivity contribution in [3.8, 4) is 22.8 Å². The van der Waals surface area contributed by atoms with Gasteiger partial charge in [0.05, 0.1) is 25.5 Å². The maximum Gasteiger partial charge on any atom is 0.259 e. The van der Waals surface area contributed by atoms with E-state index in [0.29, 0.717) is 41.7 Å². The second-order valence-corrected chi connectivity index (χ2v) is 6.96. The van der Waals surface area contributed by atoms with E-state index >= 15 is 0 Å². The van der Waals surface area contributed by atoms with Gasteiger partial charge in [0.1, 0.15) is 29.6 Å². The predicted molar refractivity (Wildman–Crippen MR) is 118 cm³/mol. The highest BCUT2D eigenvalue weighted by Crippen LogP contribution is 2.29. The summed E-state index contributed by atoms with van der Waals surface area (Å²) in [6.45, 7) is 3.00. The summed E-state index contributed by atoms with van der Waals surface area (Å²) in [6.07, 6.45) is 5.36. The van der Waals surface area contributed by atoms with E-state index in [4.69, 9.17) is 13.9 Å². The highest BCUT2D eigenvalue weighted by Gasteiger charge is 2.18. The lowest BCUT2D eigenvalue weighted by atomic mass is 10.1. The third-order valence-electron chi connectivity index (χ3n) is 4.72. The zero-order chi connectivity index (χ0) is 21.6. The lowest BCUT2D eigenvalue weighted by Gasteiger charge is -2.10. The van der Waals surface area contributed by atoms with E-state index in [2.05, 4.69) is 10.3 Å². The Kier molecular flexibility index (Phi) is 6.03. The fraction of sp³-hybridized carbons (Fsp3) is 0.167. The van der Waals surface area contributed by atoms with Crippen molar-refractivity contribution >= 4 is 11.6 Å². The van der Waals surface area contributed by atoms with Gasteiger partial charge in [-0.25, -0.2) is 4.98 Å². The Morgan fingerprint density at radius 3 is 2.71 bits per heavy atom. The number of hydrogen-bond acceptors (Lipinski definition) is 5. The quantitative estimate of drug-likeness (QED) is 0.446. The Morgan fingerprint density at radius 1 is 1.13 bits per heavy atom. The topological polar surface area (TPSA) is 78.5 Å². The average molecular weight is 417 g/mol. The van der Waals surface area contributed by atoms with Crippen LogP contribution in [0.2, 0.25) is 0 Å². The number of carbonyl (C=O) groups excluding carboxylic acids is 1. The maximum absolute atomic E-state index is 13.0. The highest BCUT2D eigenvalue weighted by molar-refractivity contribution is 6.08. The van der Waals surface area contributed by atoms with Gasteiger partial charge in [0.15, 0.2) is 0 Å².